The summed E-state index contributed by atoms with van der Waals surface area (Å²) in [6.07, 6.45) is 4.19. The zero-order valence-electron chi connectivity index (χ0n) is 8.24. The van der Waals surface area contributed by atoms with Gasteiger partial charge in [0.2, 0.25) is 5.95 Å². The standard InChI is InChI=1S/C10H9ClF2N2O/c1-2-3-7(4-5-12)15-10(13)8(6-14-15)9(11)16/h2,4-7H,1,3H2. The van der Waals surface area contributed by atoms with Gasteiger partial charge >= 0.3 is 0 Å². The number of allylic oxidation sites excluding steroid dienone is 2. The van der Waals surface area contributed by atoms with Crippen LogP contribution in [-0.2, 0) is 0 Å². The average molecular weight is 247 g/mol. The third kappa shape index (κ3) is 2.55. The van der Waals surface area contributed by atoms with Crippen LogP contribution in [-0.4, -0.2) is 15.0 Å². The zero-order chi connectivity index (χ0) is 12.1. The first-order valence-corrected chi connectivity index (χ1v) is 4.80. The summed E-state index contributed by atoms with van der Waals surface area (Å²) in [5.74, 6) is -0.884. The molecule has 0 bridgehead atoms. The number of nitrogens with zero attached hydrogens (tertiary/aromatic N) is 2. The van der Waals surface area contributed by atoms with E-state index in [9.17, 15) is 13.6 Å². The zero-order valence-corrected chi connectivity index (χ0v) is 8.99. The van der Waals surface area contributed by atoms with Crippen molar-refractivity contribution in [2.24, 2.45) is 0 Å². The molecule has 0 saturated carbocycles. The topological polar surface area (TPSA) is 34.9 Å². The van der Waals surface area contributed by atoms with Gasteiger partial charge in [-0.05, 0) is 24.1 Å². The molecule has 1 heterocycles. The van der Waals surface area contributed by atoms with Crippen LogP contribution in [0.1, 0.15) is 22.8 Å². The molecule has 0 fully saturated rings. The normalized spacial score (nSPS) is 12.9. The number of carbonyl (C=O) groups is 1. The maximum Gasteiger partial charge on any atom is 0.258 e. The molecular formula is C10H9ClF2N2O. The molecule has 1 aromatic rings. The lowest BCUT2D eigenvalue weighted by molar-refractivity contribution is 0.107. The number of hydrogen-bond acceptors (Lipinski definition) is 2. The maximum atomic E-state index is 13.6. The van der Waals surface area contributed by atoms with Gasteiger partial charge in [-0.3, -0.25) is 4.79 Å². The summed E-state index contributed by atoms with van der Waals surface area (Å²) >= 11 is 5.14. The quantitative estimate of drug-likeness (QED) is 0.591. The van der Waals surface area contributed by atoms with Gasteiger partial charge in [0, 0.05) is 0 Å². The molecule has 1 rings (SSSR count). The Balaban J connectivity index is 3.10. The van der Waals surface area contributed by atoms with Crippen molar-refractivity contribution in [2.75, 3.05) is 0 Å². The molecule has 1 aromatic heterocycles. The van der Waals surface area contributed by atoms with Crippen molar-refractivity contribution in [2.45, 2.75) is 12.5 Å². The Hall–Kier alpha value is -1.49. The highest BCUT2D eigenvalue weighted by molar-refractivity contribution is 6.67. The molecule has 0 saturated heterocycles. The molecule has 16 heavy (non-hydrogen) atoms. The number of aromatic nitrogens is 2. The molecule has 0 radical (unpaired) electrons. The van der Waals surface area contributed by atoms with Crippen LogP contribution in [0, 0.1) is 5.95 Å². The van der Waals surface area contributed by atoms with E-state index in [0.717, 1.165) is 17.0 Å². The predicted octanol–water partition coefficient (Wildman–Crippen LogP) is 3.00. The Kier molecular flexibility index (Phi) is 4.37. The lowest BCUT2D eigenvalue weighted by atomic mass is 10.2. The molecule has 86 valence electrons. The number of halogens is 3. The van der Waals surface area contributed by atoms with Crippen molar-refractivity contribution in [1.29, 1.82) is 0 Å². The highest BCUT2D eigenvalue weighted by Crippen LogP contribution is 2.18. The molecule has 0 aromatic carbocycles. The number of carbonyl (C=O) groups excluding carboxylic acids is 1. The van der Waals surface area contributed by atoms with Crippen LogP contribution in [0.15, 0.2) is 31.3 Å². The lowest BCUT2D eigenvalue weighted by Crippen LogP contribution is -2.10. The fourth-order valence-corrected chi connectivity index (χ4v) is 1.35. The van der Waals surface area contributed by atoms with E-state index in [4.69, 9.17) is 11.6 Å². The van der Waals surface area contributed by atoms with E-state index in [-0.39, 0.29) is 18.3 Å². The summed E-state index contributed by atoms with van der Waals surface area (Å²) in [6, 6.07) is -0.660. The van der Waals surface area contributed by atoms with Gasteiger partial charge in [0.05, 0.1) is 18.6 Å². The molecular weight excluding hydrogens is 238 g/mol. The largest absolute Gasteiger partial charge is 0.275 e. The Labute approximate surface area is 96.0 Å². The fraction of sp³-hybridized carbons (Fsp3) is 0.200. The third-order valence-electron chi connectivity index (χ3n) is 1.96. The summed E-state index contributed by atoms with van der Waals surface area (Å²) < 4.78 is 26.5. The van der Waals surface area contributed by atoms with Crippen LogP contribution in [0.3, 0.4) is 0 Å². The molecule has 1 unspecified atom stereocenters. The van der Waals surface area contributed by atoms with E-state index in [1.807, 2.05) is 0 Å². The smallest absolute Gasteiger partial charge is 0.258 e. The van der Waals surface area contributed by atoms with E-state index in [1.165, 1.54) is 6.08 Å². The van der Waals surface area contributed by atoms with Gasteiger partial charge in [-0.25, -0.2) is 9.07 Å². The Morgan fingerprint density at radius 1 is 1.75 bits per heavy atom. The molecule has 0 N–H and O–H groups in total. The van der Waals surface area contributed by atoms with Crippen molar-refractivity contribution in [3.05, 3.63) is 42.8 Å². The van der Waals surface area contributed by atoms with E-state index < -0.39 is 17.2 Å². The second kappa shape index (κ2) is 5.55. The molecule has 0 aliphatic carbocycles. The monoisotopic (exact) mass is 246 g/mol. The van der Waals surface area contributed by atoms with Crippen LogP contribution >= 0.6 is 11.6 Å². The predicted molar refractivity (Wildman–Crippen MR) is 56.5 cm³/mol. The second-order valence-corrected chi connectivity index (χ2v) is 3.32. The van der Waals surface area contributed by atoms with Crippen molar-refractivity contribution in [1.82, 2.24) is 9.78 Å². The Bertz CT molecular complexity index is 428. The van der Waals surface area contributed by atoms with E-state index in [2.05, 4.69) is 11.7 Å². The molecule has 0 aliphatic rings. The molecule has 0 amide bonds. The minimum atomic E-state index is -0.940. The van der Waals surface area contributed by atoms with Crippen LogP contribution in [0.2, 0.25) is 0 Å². The number of rotatable bonds is 5. The van der Waals surface area contributed by atoms with Crippen LogP contribution < -0.4 is 0 Å². The molecule has 0 aliphatic heterocycles. The SMILES string of the molecule is C=CCC(C=CF)n1ncc(C(=O)Cl)c1F. The summed E-state index contributed by atoms with van der Waals surface area (Å²) in [5, 5.41) is 2.71. The van der Waals surface area contributed by atoms with Gasteiger partial charge < -0.3 is 0 Å². The van der Waals surface area contributed by atoms with Gasteiger partial charge in [0.1, 0.15) is 5.56 Å². The first-order chi connectivity index (χ1) is 7.61. The van der Waals surface area contributed by atoms with Gasteiger partial charge in [-0.15, -0.1) is 6.58 Å². The fourth-order valence-electron chi connectivity index (χ4n) is 1.23. The minimum Gasteiger partial charge on any atom is -0.275 e. The van der Waals surface area contributed by atoms with E-state index >= 15 is 0 Å². The van der Waals surface area contributed by atoms with Crippen molar-refractivity contribution in [3.63, 3.8) is 0 Å². The van der Waals surface area contributed by atoms with Crippen molar-refractivity contribution in [3.8, 4) is 0 Å². The van der Waals surface area contributed by atoms with Gasteiger partial charge in [0.15, 0.2) is 0 Å². The van der Waals surface area contributed by atoms with Crippen molar-refractivity contribution >= 4 is 16.8 Å². The Morgan fingerprint density at radius 3 is 2.88 bits per heavy atom. The van der Waals surface area contributed by atoms with E-state index in [0.29, 0.717) is 0 Å². The highest BCUT2D eigenvalue weighted by atomic mass is 35.5. The summed E-state index contributed by atoms with van der Waals surface area (Å²) in [7, 11) is 0. The van der Waals surface area contributed by atoms with Crippen LogP contribution in [0.4, 0.5) is 8.78 Å². The first-order valence-electron chi connectivity index (χ1n) is 4.42. The van der Waals surface area contributed by atoms with Crippen LogP contribution in [0.25, 0.3) is 0 Å². The van der Waals surface area contributed by atoms with Gasteiger partial charge in [-0.2, -0.15) is 9.49 Å². The lowest BCUT2D eigenvalue weighted by Gasteiger charge is -2.10. The van der Waals surface area contributed by atoms with Gasteiger partial charge in [-0.1, -0.05) is 6.08 Å². The first kappa shape index (κ1) is 12.6. The van der Waals surface area contributed by atoms with Crippen molar-refractivity contribution < 1.29 is 13.6 Å². The molecule has 1 atom stereocenters. The minimum absolute atomic E-state index is 0.287. The summed E-state index contributed by atoms with van der Waals surface area (Å²) in [4.78, 5) is 10.8. The summed E-state index contributed by atoms with van der Waals surface area (Å²) in [5.41, 5.74) is -0.331. The second-order valence-electron chi connectivity index (χ2n) is 2.98. The average Bonchev–Trinajstić information content (AvgIpc) is 2.60. The van der Waals surface area contributed by atoms with Crippen LogP contribution in [0.5, 0.6) is 0 Å². The maximum absolute atomic E-state index is 13.6. The Morgan fingerprint density at radius 2 is 2.44 bits per heavy atom. The van der Waals surface area contributed by atoms with Gasteiger partial charge in [0.25, 0.3) is 5.24 Å². The molecule has 0 spiro atoms. The third-order valence-corrected chi connectivity index (χ3v) is 2.17. The molecule has 3 nitrogen and oxygen atoms in total. The highest BCUT2D eigenvalue weighted by Gasteiger charge is 2.19. The van der Waals surface area contributed by atoms with E-state index in [1.54, 1.807) is 0 Å². The summed E-state index contributed by atoms with van der Waals surface area (Å²) in [6.45, 7) is 3.47. The number of hydrogen-bond donors (Lipinski definition) is 0. The molecule has 6 heteroatoms.